The summed E-state index contributed by atoms with van der Waals surface area (Å²) >= 11 is 0. The first kappa shape index (κ1) is 8.66. The van der Waals surface area contributed by atoms with Gasteiger partial charge in [0.2, 0.25) is 0 Å². The van der Waals surface area contributed by atoms with Gasteiger partial charge in [0.05, 0.1) is 0 Å². The standard InChI is InChI=1S/C11H10O3P.C5H5.Fe/c12-15(13,14)11-8-4-7-10(11)9-5-2-1-3-6-9;1-2-4-5-3-1;/h1-8H,(H2,12,13,14);1-5H;. The summed E-state index contributed by atoms with van der Waals surface area (Å²) in [6.07, 6.45) is 0. The van der Waals surface area contributed by atoms with Crippen LogP contribution in [0.5, 0.6) is 0 Å². The predicted octanol–water partition coefficient (Wildman–Crippen LogP) is 3.57. The first-order chi connectivity index (χ1) is 9.79. The molecule has 0 bridgehead atoms. The van der Waals surface area contributed by atoms with Crippen LogP contribution in [0.15, 0.2) is 30.3 Å². The molecule has 3 nitrogen and oxygen atoms in total. The molecule has 0 aromatic heterocycles. The Bertz CT molecular complexity index is 1310. The van der Waals surface area contributed by atoms with Crippen LogP contribution in [0.2, 0.25) is 38.5 Å². The molecule has 10 heterocycles. The van der Waals surface area contributed by atoms with Crippen molar-refractivity contribution in [3.05, 3.63) is 35.9 Å². The van der Waals surface area contributed by atoms with E-state index in [0.717, 1.165) is 33.7 Å². The molecule has 0 aliphatic carbocycles. The number of fused-ring (bicyclic) bond motifs is 10. The monoisotopic (exact) mass is 342 g/mol. The molecule has 1 spiro atoms. The molecule has 0 saturated carbocycles. The summed E-state index contributed by atoms with van der Waals surface area (Å²) in [6, 6.07) is 10.7. The topological polar surface area (TPSA) is 57.5 Å². The first-order valence-corrected chi connectivity index (χ1v) is 15.9. The van der Waals surface area contributed by atoms with Crippen molar-refractivity contribution in [3.63, 3.8) is 0 Å². The maximum atomic E-state index is 12.9. The van der Waals surface area contributed by atoms with E-state index in [9.17, 15) is 14.4 Å². The number of hydrogen-bond donors (Lipinski definition) is 2. The summed E-state index contributed by atoms with van der Waals surface area (Å²) in [4.78, 5) is 28.2. The fourth-order valence-electron chi connectivity index (χ4n) is 18.8. The molecule has 5 unspecified atom stereocenters. The second-order valence-corrected chi connectivity index (χ2v) is 37.0. The normalized spacial score (nSPS) is 103. The van der Waals surface area contributed by atoms with Crippen LogP contribution in [-0.2, 0) is 15.4 Å². The van der Waals surface area contributed by atoms with Gasteiger partial charge >= 0.3 is 111 Å². The van der Waals surface area contributed by atoms with Crippen LogP contribution in [0.3, 0.4) is 0 Å². The zero-order valence-electron chi connectivity index (χ0n) is 11.1. The van der Waals surface area contributed by atoms with Crippen molar-refractivity contribution < 1.29 is 20.9 Å². The molecule has 0 amide bonds. The molecule has 11 rings (SSSR count). The van der Waals surface area contributed by atoms with Crippen LogP contribution in [0, 0.1) is 0 Å². The summed E-state index contributed by atoms with van der Waals surface area (Å²) < 4.78 is 12.6. The van der Waals surface area contributed by atoms with Crippen LogP contribution < -0.4 is 0 Å². The van der Waals surface area contributed by atoms with E-state index in [-0.39, 0.29) is 4.31 Å². The van der Waals surface area contributed by atoms with E-state index in [2.05, 4.69) is 30.3 Å². The molecule has 110 valence electrons. The van der Waals surface area contributed by atoms with Crippen molar-refractivity contribution in [1.82, 2.24) is 0 Å². The van der Waals surface area contributed by atoms with Gasteiger partial charge in [0, 0.05) is 0 Å². The van der Waals surface area contributed by atoms with Crippen molar-refractivity contribution in [2.75, 3.05) is 0 Å². The Balaban J connectivity index is 1.58. The molecule has 10 saturated heterocycles. The minimum atomic E-state index is -3.98. The molecule has 21 heavy (non-hydrogen) atoms. The van der Waals surface area contributed by atoms with Gasteiger partial charge in [0.1, 0.15) is 0 Å². The van der Waals surface area contributed by atoms with E-state index in [4.69, 9.17) is 0 Å². The Kier molecular flexibility index (Phi) is 0.325. The van der Waals surface area contributed by atoms with Crippen LogP contribution in [0.25, 0.3) is 0 Å². The van der Waals surface area contributed by atoms with Crippen molar-refractivity contribution in [2.24, 2.45) is 0 Å². The Hall–Kier alpha value is -0.111. The third kappa shape index (κ3) is 0.102. The van der Waals surface area contributed by atoms with E-state index in [0.29, 0.717) is 4.82 Å². The van der Waals surface area contributed by atoms with Gasteiger partial charge < -0.3 is 0 Å². The third-order valence-electron chi connectivity index (χ3n) is 16.4. The van der Waals surface area contributed by atoms with E-state index in [1.165, 1.54) is 5.56 Å². The fraction of sp³-hybridized carbons (Fsp3) is 0.625. The molecule has 5 heteroatoms. The van der Waals surface area contributed by atoms with Crippen molar-refractivity contribution >= 4 is 7.60 Å². The zero-order chi connectivity index (χ0) is 13.5. The zero-order valence-corrected chi connectivity index (χ0v) is 13.1. The number of benzene rings is 1. The molecular weight excluding hydrogens is 327 g/mol. The first-order valence-electron chi connectivity index (χ1n) is 8.11. The Labute approximate surface area is 111 Å². The molecule has 2 N–H and O–H groups in total. The van der Waals surface area contributed by atoms with Gasteiger partial charge in [-0.1, -0.05) is 0 Å². The minimum absolute atomic E-state index is 0.104. The summed E-state index contributed by atoms with van der Waals surface area (Å²) in [5, 5.41) is 0. The van der Waals surface area contributed by atoms with E-state index >= 15 is 0 Å². The SMILES string of the molecule is O=P(O)(O)[C]12[CH]3[CH]4[CH]5[C]1(c1ccccc1)[Fe]45321678[CH]2[CH]1[CH]6[CH]7[CH]28. The van der Waals surface area contributed by atoms with Crippen LogP contribution in [-0.4, -0.2) is 13.8 Å². The summed E-state index contributed by atoms with van der Waals surface area (Å²) in [6.45, 7) is -3.98. The van der Waals surface area contributed by atoms with Gasteiger partial charge in [-0.3, -0.25) is 0 Å². The fourth-order valence-corrected chi connectivity index (χ4v) is 108. The Morgan fingerprint density at radius 2 is 1.48 bits per heavy atom. The second kappa shape index (κ2) is 0.788. The molecule has 5 atom stereocenters. The van der Waals surface area contributed by atoms with Gasteiger partial charge in [-0.05, 0) is 0 Å². The number of rotatable bonds is 2. The quantitative estimate of drug-likeness (QED) is 0.638. The van der Waals surface area contributed by atoms with E-state index in [1.807, 2.05) is 0 Å². The van der Waals surface area contributed by atoms with Crippen LogP contribution in [0.4, 0.5) is 0 Å². The number of hydrogen-bond acceptors (Lipinski definition) is 1. The predicted molar refractivity (Wildman–Crippen MR) is 72.9 cm³/mol. The maximum absolute atomic E-state index is 12.9. The average Bonchev–Trinajstić information content (AvgIpc) is 3.39. The Morgan fingerprint density at radius 3 is 1.86 bits per heavy atom. The summed E-state index contributed by atoms with van der Waals surface area (Å²) in [5.41, 5.74) is 1.38. The molecule has 0 radical (unpaired) electrons. The molecule has 1 aromatic rings. The van der Waals surface area contributed by atoms with Gasteiger partial charge in [0.25, 0.3) is 0 Å². The van der Waals surface area contributed by atoms with Gasteiger partial charge in [-0.15, -0.1) is 0 Å². The second-order valence-electron chi connectivity index (χ2n) is 11.6. The van der Waals surface area contributed by atoms with Crippen molar-refractivity contribution in [3.8, 4) is 0 Å². The van der Waals surface area contributed by atoms with E-state index in [1.54, 1.807) is 0 Å². The summed E-state index contributed by atoms with van der Waals surface area (Å²) in [5.74, 6) is 0. The Morgan fingerprint density at radius 1 is 0.905 bits per heavy atom. The molecule has 10 fully saturated rings. The van der Waals surface area contributed by atoms with Crippen molar-refractivity contribution in [2.45, 2.75) is 46.9 Å². The average molecular weight is 342 g/mol. The van der Waals surface area contributed by atoms with Gasteiger partial charge in [0.15, 0.2) is 0 Å². The van der Waals surface area contributed by atoms with Gasteiger partial charge in [-0.25, -0.2) is 0 Å². The van der Waals surface area contributed by atoms with Gasteiger partial charge in [-0.2, -0.15) is 0 Å². The van der Waals surface area contributed by atoms with Crippen LogP contribution in [0.1, 0.15) is 5.56 Å². The molecule has 10 aliphatic rings. The molecule has 1 aromatic carbocycles. The molecular formula is C16H15FeO3P. The summed E-state index contributed by atoms with van der Waals surface area (Å²) in [7, 11) is -3.97. The third-order valence-corrected chi connectivity index (χ3v) is 64.9. The van der Waals surface area contributed by atoms with Crippen molar-refractivity contribution in [1.29, 1.82) is 0 Å². The molecule has 10 aliphatic heterocycles. The van der Waals surface area contributed by atoms with Crippen LogP contribution >= 0.6 is 7.60 Å². The van der Waals surface area contributed by atoms with E-state index < -0.39 is 18.2 Å².